The van der Waals surface area contributed by atoms with Gasteiger partial charge in [0.25, 0.3) is 0 Å². The number of hydrogen-bond acceptors (Lipinski definition) is 8. The quantitative estimate of drug-likeness (QED) is 0.481. The van der Waals surface area contributed by atoms with Gasteiger partial charge in [-0.25, -0.2) is 5.84 Å². The zero-order chi connectivity index (χ0) is 14.8. The molecular formula is C11H19N7O2. The summed E-state index contributed by atoms with van der Waals surface area (Å²) in [5.74, 6) is 6.00. The third kappa shape index (κ3) is 2.57. The highest BCUT2D eigenvalue weighted by molar-refractivity contribution is 5.83. The van der Waals surface area contributed by atoms with Crippen LogP contribution in [0.4, 0.5) is 11.9 Å². The highest BCUT2D eigenvalue weighted by Crippen LogP contribution is 2.32. The van der Waals surface area contributed by atoms with Gasteiger partial charge in [0.1, 0.15) is 0 Å². The molecule has 4 N–H and O–H groups in total. The Morgan fingerprint density at radius 1 is 1.45 bits per heavy atom. The van der Waals surface area contributed by atoms with Gasteiger partial charge < -0.3 is 15.0 Å². The molecule has 0 aromatic carbocycles. The number of carbonyl (C=O) groups excluding carboxylic acids is 1. The Morgan fingerprint density at radius 2 is 2.20 bits per heavy atom. The van der Waals surface area contributed by atoms with Crippen molar-refractivity contribution in [2.24, 2.45) is 11.3 Å². The number of aromatic nitrogens is 3. The minimum atomic E-state index is -0.453. The molecule has 9 heteroatoms. The van der Waals surface area contributed by atoms with E-state index in [0.717, 1.165) is 6.42 Å². The normalized spacial score (nSPS) is 21.7. The lowest BCUT2D eigenvalue weighted by Gasteiger charge is -2.22. The van der Waals surface area contributed by atoms with Gasteiger partial charge in [-0.2, -0.15) is 15.0 Å². The van der Waals surface area contributed by atoms with Crippen LogP contribution in [0.2, 0.25) is 0 Å². The van der Waals surface area contributed by atoms with Crippen molar-refractivity contribution in [2.75, 3.05) is 37.6 Å². The summed E-state index contributed by atoms with van der Waals surface area (Å²) < 4.78 is 5.01. The highest BCUT2D eigenvalue weighted by atomic mass is 16.5. The molecule has 110 valence electrons. The maximum absolute atomic E-state index is 11.9. The van der Waals surface area contributed by atoms with Gasteiger partial charge in [0.2, 0.25) is 17.8 Å². The van der Waals surface area contributed by atoms with E-state index in [2.05, 4.69) is 25.7 Å². The average molecular weight is 281 g/mol. The van der Waals surface area contributed by atoms with Crippen LogP contribution < -0.4 is 26.2 Å². The van der Waals surface area contributed by atoms with Gasteiger partial charge in [-0.15, -0.1) is 0 Å². The third-order valence-corrected chi connectivity index (χ3v) is 3.45. The Hall–Kier alpha value is -2.16. The second-order valence-corrected chi connectivity index (χ2v) is 4.90. The van der Waals surface area contributed by atoms with Crippen molar-refractivity contribution in [3.05, 3.63) is 0 Å². The Morgan fingerprint density at radius 3 is 2.80 bits per heavy atom. The van der Waals surface area contributed by atoms with Gasteiger partial charge in [-0.1, -0.05) is 0 Å². The highest BCUT2D eigenvalue weighted by Gasteiger charge is 2.40. The molecule has 0 radical (unpaired) electrons. The molecule has 0 bridgehead atoms. The predicted octanol–water partition coefficient (Wildman–Crippen LogP) is -0.872. The van der Waals surface area contributed by atoms with Crippen molar-refractivity contribution in [3.63, 3.8) is 0 Å². The molecule has 9 nitrogen and oxygen atoms in total. The Kier molecular flexibility index (Phi) is 3.89. The summed E-state index contributed by atoms with van der Waals surface area (Å²) in [6.07, 6.45) is 0.728. The van der Waals surface area contributed by atoms with E-state index < -0.39 is 5.41 Å². The number of anilines is 2. The second-order valence-electron chi connectivity index (χ2n) is 4.90. The molecule has 0 aliphatic carbocycles. The van der Waals surface area contributed by atoms with Crippen LogP contribution in [0, 0.1) is 5.41 Å². The first-order valence-electron chi connectivity index (χ1n) is 6.26. The van der Waals surface area contributed by atoms with E-state index in [4.69, 9.17) is 10.6 Å². The molecule has 1 amide bonds. The summed E-state index contributed by atoms with van der Waals surface area (Å²) in [5.41, 5.74) is 1.92. The average Bonchev–Trinajstić information content (AvgIpc) is 2.89. The van der Waals surface area contributed by atoms with Crippen LogP contribution in [0.15, 0.2) is 0 Å². The monoisotopic (exact) mass is 281 g/mol. The Bertz CT molecular complexity index is 487. The molecule has 1 aliphatic heterocycles. The number of hydrogen-bond donors (Lipinski definition) is 3. The molecule has 2 heterocycles. The molecular weight excluding hydrogens is 262 g/mol. The molecule has 1 aromatic heterocycles. The predicted molar refractivity (Wildman–Crippen MR) is 73.2 cm³/mol. The van der Waals surface area contributed by atoms with Gasteiger partial charge in [0, 0.05) is 20.1 Å². The van der Waals surface area contributed by atoms with Crippen LogP contribution in [0.25, 0.3) is 0 Å². The number of methoxy groups -OCH3 is 1. The summed E-state index contributed by atoms with van der Waals surface area (Å²) in [7, 11) is 3.11. The molecule has 0 spiro atoms. The summed E-state index contributed by atoms with van der Waals surface area (Å²) in [6, 6.07) is 0.177. The number of nitrogens with zero attached hydrogens (tertiary/aromatic N) is 4. The SMILES string of the molecule is CNC(=O)C1(C)CCN(c2nc(NN)nc(OC)n2)C1. The molecule has 1 saturated heterocycles. The summed E-state index contributed by atoms with van der Waals surface area (Å²) >= 11 is 0. The van der Waals surface area contributed by atoms with Gasteiger partial charge in [-0.3, -0.25) is 10.2 Å². The first-order valence-corrected chi connectivity index (χ1v) is 6.26. The number of nitrogens with one attached hydrogen (secondary N) is 2. The van der Waals surface area contributed by atoms with Crippen molar-refractivity contribution in [1.82, 2.24) is 20.3 Å². The number of carbonyl (C=O) groups is 1. The number of amides is 1. The molecule has 1 aromatic rings. The van der Waals surface area contributed by atoms with E-state index in [0.29, 0.717) is 19.0 Å². The van der Waals surface area contributed by atoms with Crippen LogP contribution >= 0.6 is 0 Å². The lowest BCUT2D eigenvalue weighted by atomic mass is 9.89. The zero-order valence-corrected chi connectivity index (χ0v) is 11.8. The molecule has 1 unspecified atom stereocenters. The van der Waals surface area contributed by atoms with Gasteiger partial charge in [0.05, 0.1) is 12.5 Å². The molecule has 20 heavy (non-hydrogen) atoms. The lowest BCUT2D eigenvalue weighted by Crippen LogP contribution is -2.39. The number of hydrazine groups is 1. The zero-order valence-electron chi connectivity index (χ0n) is 11.8. The van der Waals surface area contributed by atoms with E-state index in [1.165, 1.54) is 7.11 Å². The summed E-state index contributed by atoms with van der Waals surface area (Å²) in [4.78, 5) is 26.1. The third-order valence-electron chi connectivity index (χ3n) is 3.45. The van der Waals surface area contributed by atoms with Crippen molar-refractivity contribution < 1.29 is 9.53 Å². The topological polar surface area (TPSA) is 118 Å². The Labute approximate surface area is 116 Å². The van der Waals surface area contributed by atoms with Crippen molar-refractivity contribution in [2.45, 2.75) is 13.3 Å². The number of nitrogens with two attached hydrogens (primary N) is 1. The largest absolute Gasteiger partial charge is 0.467 e. The molecule has 0 saturated carbocycles. The van der Waals surface area contributed by atoms with Crippen LogP contribution in [-0.2, 0) is 4.79 Å². The maximum Gasteiger partial charge on any atom is 0.322 e. The standard InChI is InChI=1S/C11H19N7O2/c1-11(7(19)13-2)4-5-18(6-11)9-14-8(17-12)15-10(16-9)20-3/h4-6,12H2,1-3H3,(H,13,19)(H,14,15,16,17). The smallest absolute Gasteiger partial charge is 0.322 e. The van der Waals surface area contributed by atoms with E-state index in [9.17, 15) is 4.79 Å². The van der Waals surface area contributed by atoms with E-state index in [1.807, 2.05) is 11.8 Å². The van der Waals surface area contributed by atoms with Crippen LogP contribution in [0.1, 0.15) is 13.3 Å². The summed E-state index contributed by atoms with van der Waals surface area (Å²) in [5, 5.41) is 2.69. The second kappa shape index (κ2) is 5.45. The first-order chi connectivity index (χ1) is 9.52. The fourth-order valence-corrected chi connectivity index (χ4v) is 2.26. The van der Waals surface area contributed by atoms with Crippen LogP contribution in [0.3, 0.4) is 0 Å². The van der Waals surface area contributed by atoms with E-state index in [-0.39, 0.29) is 17.9 Å². The molecule has 2 rings (SSSR count). The van der Waals surface area contributed by atoms with Gasteiger partial charge in [-0.05, 0) is 13.3 Å². The number of rotatable bonds is 4. The van der Waals surface area contributed by atoms with Gasteiger partial charge >= 0.3 is 6.01 Å². The minimum absolute atomic E-state index is 0.0122. The molecule has 1 atom stereocenters. The fraction of sp³-hybridized carbons (Fsp3) is 0.636. The van der Waals surface area contributed by atoms with E-state index in [1.54, 1.807) is 7.05 Å². The number of nitrogen functional groups attached to an aromatic ring is 1. The van der Waals surface area contributed by atoms with Crippen molar-refractivity contribution in [1.29, 1.82) is 0 Å². The van der Waals surface area contributed by atoms with Crippen LogP contribution in [0.5, 0.6) is 6.01 Å². The molecule has 1 fully saturated rings. The molecule has 1 aliphatic rings. The first kappa shape index (κ1) is 14.3. The van der Waals surface area contributed by atoms with E-state index >= 15 is 0 Å². The number of ether oxygens (including phenoxy) is 1. The van der Waals surface area contributed by atoms with Gasteiger partial charge in [0.15, 0.2) is 0 Å². The minimum Gasteiger partial charge on any atom is -0.467 e. The van der Waals surface area contributed by atoms with Crippen molar-refractivity contribution in [3.8, 4) is 6.01 Å². The maximum atomic E-state index is 11.9. The Balaban J connectivity index is 2.23. The van der Waals surface area contributed by atoms with Crippen molar-refractivity contribution >= 4 is 17.8 Å². The summed E-state index contributed by atoms with van der Waals surface area (Å²) in [6.45, 7) is 3.14. The lowest BCUT2D eigenvalue weighted by molar-refractivity contribution is -0.128. The fourth-order valence-electron chi connectivity index (χ4n) is 2.26. The van der Waals surface area contributed by atoms with Crippen LogP contribution in [-0.4, -0.2) is 48.1 Å².